The summed E-state index contributed by atoms with van der Waals surface area (Å²) in [6.45, 7) is 0. The number of hydrogen-bond donors (Lipinski definition) is 0. The number of para-hydroxylation sites is 5. The molecule has 0 aliphatic heterocycles. The molecule has 0 bridgehead atoms. The molecule has 256 valence electrons. The van der Waals surface area contributed by atoms with Crippen molar-refractivity contribution in [1.82, 2.24) is 19.1 Å². The van der Waals surface area contributed by atoms with Crippen molar-refractivity contribution in [2.24, 2.45) is 0 Å². The topological polar surface area (TPSA) is 48.8 Å². The number of hydrogen-bond acceptors (Lipinski definition) is 3. The van der Waals surface area contributed by atoms with Crippen LogP contribution in [-0.2, 0) is 0 Å². The Kier molecular flexibility index (Phi) is 6.27. The van der Waals surface area contributed by atoms with Crippen LogP contribution in [0.15, 0.2) is 186 Å². The lowest BCUT2D eigenvalue weighted by Gasteiger charge is -2.14. The third-order valence-corrected chi connectivity index (χ3v) is 11.1. The second kappa shape index (κ2) is 11.5. The van der Waals surface area contributed by atoms with Crippen LogP contribution in [0.5, 0.6) is 0 Å². The van der Waals surface area contributed by atoms with Gasteiger partial charge in [0.25, 0.3) is 0 Å². The Morgan fingerprint density at radius 3 is 1.78 bits per heavy atom. The van der Waals surface area contributed by atoms with Crippen LogP contribution in [0, 0.1) is 0 Å². The van der Waals surface area contributed by atoms with Gasteiger partial charge in [-0.25, -0.2) is 9.97 Å². The average Bonchev–Trinajstić information content (AvgIpc) is 3.90. The maximum atomic E-state index is 6.79. The van der Waals surface area contributed by atoms with Gasteiger partial charge in [-0.3, -0.25) is 0 Å². The lowest BCUT2D eigenvalue weighted by atomic mass is 10.0. The molecule has 8 aromatic carbocycles. The van der Waals surface area contributed by atoms with Crippen molar-refractivity contribution in [3.8, 4) is 33.9 Å². The molecule has 12 rings (SSSR count). The van der Waals surface area contributed by atoms with Gasteiger partial charge in [0.15, 0.2) is 5.58 Å². The van der Waals surface area contributed by atoms with E-state index in [0.29, 0.717) is 0 Å². The summed E-state index contributed by atoms with van der Waals surface area (Å²) in [4.78, 5) is 10.5. The first-order valence-corrected chi connectivity index (χ1v) is 18.6. The van der Waals surface area contributed by atoms with Gasteiger partial charge >= 0.3 is 0 Å². The van der Waals surface area contributed by atoms with E-state index in [1.165, 1.54) is 21.7 Å². The third-order valence-electron chi connectivity index (χ3n) is 11.1. The molecule has 55 heavy (non-hydrogen) atoms. The summed E-state index contributed by atoms with van der Waals surface area (Å²) in [6.07, 6.45) is 0. The lowest BCUT2D eigenvalue weighted by molar-refractivity contribution is 0.671. The molecular formula is C50H30N4O. The van der Waals surface area contributed by atoms with E-state index in [1.807, 2.05) is 36.4 Å². The molecule has 5 heteroatoms. The van der Waals surface area contributed by atoms with Crippen LogP contribution in [-0.4, -0.2) is 19.1 Å². The fourth-order valence-electron chi connectivity index (χ4n) is 8.65. The zero-order valence-corrected chi connectivity index (χ0v) is 29.5. The predicted molar refractivity (Wildman–Crippen MR) is 226 cm³/mol. The van der Waals surface area contributed by atoms with Crippen LogP contribution in [0.2, 0.25) is 0 Å². The van der Waals surface area contributed by atoms with E-state index in [1.54, 1.807) is 0 Å². The van der Waals surface area contributed by atoms with Crippen LogP contribution in [0.25, 0.3) is 110 Å². The third kappa shape index (κ3) is 4.41. The summed E-state index contributed by atoms with van der Waals surface area (Å²) >= 11 is 0. The minimum atomic E-state index is 0.841. The first-order chi connectivity index (χ1) is 27.3. The molecule has 0 saturated carbocycles. The van der Waals surface area contributed by atoms with Gasteiger partial charge in [0.05, 0.1) is 44.5 Å². The summed E-state index contributed by atoms with van der Waals surface area (Å²) in [6, 6.07) is 64.1. The molecule has 0 saturated heterocycles. The Hall–Kier alpha value is -7.50. The van der Waals surface area contributed by atoms with Gasteiger partial charge in [0, 0.05) is 54.8 Å². The highest BCUT2D eigenvalue weighted by Crippen LogP contribution is 2.44. The second-order valence-corrected chi connectivity index (χ2v) is 14.2. The van der Waals surface area contributed by atoms with E-state index < -0.39 is 0 Å². The van der Waals surface area contributed by atoms with E-state index in [4.69, 9.17) is 14.4 Å². The minimum Gasteiger partial charge on any atom is -0.454 e. The molecule has 4 heterocycles. The van der Waals surface area contributed by atoms with Crippen molar-refractivity contribution in [2.75, 3.05) is 0 Å². The second-order valence-electron chi connectivity index (χ2n) is 14.2. The number of benzene rings is 8. The van der Waals surface area contributed by atoms with Gasteiger partial charge in [0.2, 0.25) is 0 Å². The van der Waals surface area contributed by atoms with Gasteiger partial charge < -0.3 is 13.6 Å². The van der Waals surface area contributed by atoms with Crippen LogP contribution in [0.4, 0.5) is 0 Å². The Morgan fingerprint density at radius 2 is 0.964 bits per heavy atom. The first-order valence-electron chi connectivity index (χ1n) is 18.6. The van der Waals surface area contributed by atoms with Crippen LogP contribution in [0.3, 0.4) is 0 Å². The molecule has 0 N–H and O–H groups in total. The van der Waals surface area contributed by atoms with Crippen molar-refractivity contribution in [2.45, 2.75) is 0 Å². The van der Waals surface area contributed by atoms with Crippen molar-refractivity contribution < 1.29 is 4.42 Å². The van der Waals surface area contributed by atoms with Crippen molar-refractivity contribution in [1.29, 1.82) is 0 Å². The molecule has 0 fully saturated rings. The minimum absolute atomic E-state index is 0.841. The zero-order valence-electron chi connectivity index (χ0n) is 29.5. The van der Waals surface area contributed by atoms with Crippen LogP contribution >= 0.6 is 0 Å². The molecule has 4 aromatic heterocycles. The summed E-state index contributed by atoms with van der Waals surface area (Å²) in [5, 5.41) is 6.94. The molecule has 0 spiro atoms. The zero-order chi connectivity index (χ0) is 36.0. The molecule has 12 aromatic rings. The Bertz CT molecular complexity index is 3480. The monoisotopic (exact) mass is 702 g/mol. The SMILES string of the molecule is c1ccc(-c2nc3ccccc3nc2-c2cccc(-n3c4cc5c(cc4c4ccc6c7ccccc7oc6c43)c3ccccc3n5-c3ccccc3)c2)cc1. The van der Waals surface area contributed by atoms with Crippen LogP contribution < -0.4 is 0 Å². The predicted octanol–water partition coefficient (Wildman–Crippen LogP) is 13.1. The molecular weight excluding hydrogens is 673 g/mol. The highest BCUT2D eigenvalue weighted by molar-refractivity contribution is 6.24. The number of furan rings is 1. The molecule has 0 amide bonds. The van der Waals surface area contributed by atoms with E-state index in [0.717, 1.165) is 88.8 Å². The molecule has 0 aliphatic carbocycles. The smallest absolute Gasteiger partial charge is 0.160 e. The van der Waals surface area contributed by atoms with E-state index in [2.05, 4.69) is 155 Å². The maximum Gasteiger partial charge on any atom is 0.160 e. The fourth-order valence-corrected chi connectivity index (χ4v) is 8.65. The Morgan fingerprint density at radius 1 is 0.364 bits per heavy atom. The van der Waals surface area contributed by atoms with Crippen molar-refractivity contribution >= 4 is 76.6 Å². The van der Waals surface area contributed by atoms with E-state index in [9.17, 15) is 0 Å². The normalized spacial score (nSPS) is 12.0. The highest BCUT2D eigenvalue weighted by atomic mass is 16.3. The van der Waals surface area contributed by atoms with Gasteiger partial charge in [-0.15, -0.1) is 0 Å². The summed E-state index contributed by atoms with van der Waals surface area (Å²) in [5.41, 5.74) is 13.8. The maximum absolute atomic E-state index is 6.79. The van der Waals surface area contributed by atoms with Crippen molar-refractivity contribution in [3.63, 3.8) is 0 Å². The van der Waals surface area contributed by atoms with E-state index in [-0.39, 0.29) is 0 Å². The van der Waals surface area contributed by atoms with Crippen molar-refractivity contribution in [3.05, 3.63) is 182 Å². The lowest BCUT2D eigenvalue weighted by Crippen LogP contribution is -1.98. The Balaban J connectivity index is 1.21. The summed E-state index contributed by atoms with van der Waals surface area (Å²) < 4.78 is 11.6. The largest absolute Gasteiger partial charge is 0.454 e. The average molecular weight is 703 g/mol. The summed E-state index contributed by atoms with van der Waals surface area (Å²) in [7, 11) is 0. The van der Waals surface area contributed by atoms with Gasteiger partial charge in [-0.1, -0.05) is 115 Å². The van der Waals surface area contributed by atoms with Crippen LogP contribution in [0.1, 0.15) is 0 Å². The quantitative estimate of drug-likeness (QED) is 0.183. The number of fused-ring (bicyclic) bond motifs is 11. The van der Waals surface area contributed by atoms with Gasteiger partial charge in [-0.05, 0) is 66.7 Å². The molecule has 0 atom stereocenters. The number of rotatable bonds is 4. The fraction of sp³-hybridized carbons (Fsp3) is 0. The van der Waals surface area contributed by atoms with Gasteiger partial charge in [0.1, 0.15) is 5.58 Å². The molecule has 0 radical (unpaired) electrons. The van der Waals surface area contributed by atoms with Gasteiger partial charge in [-0.2, -0.15) is 0 Å². The van der Waals surface area contributed by atoms with E-state index >= 15 is 0 Å². The summed E-state index contributed by atoms with van der Waals surface area (Å²) in [5.74, 6) is 0. The molecule has 0 unspecified atom stereocenters. The molecule has 0 aliphatic rings. The highest BCUT2D eigenvalue weighted by Gasteiger charge is 2.23. The Labute approximate surface area is 315 Å². The first kappa shape index (κ1) is 30.0. The number of aromatic nitrogens is 4. The number of nitrogens with zero attached hydrogens (tertiary/aromatic N) is 4. The standard InChI is InChI=1S/C50H30N4O/c1-3-14-31(15-4-1)47-48(52-42-23-10-9-22-41(42)51-47)32-16-13-19-34(28-32)54-45-30-44-39(35-20-7-11-24-43(35)53(44)33-17-5-2-6-18-33)29-40(45)37-26-27-38-36-21-8-12-25-46(36)55-50(38)49(37)54/h1-30H. The molecule has 5 nitrogen and oxygen atoms in total.